The van der Waals surface area contributed by atoms with Crippen molar-refractivity contribution in [3.63, 3.8) is 0 Å². The van der Waals surface area contributed by atoms with Gasteiger partial charge in [0.2, 0.25) is 11.5 Å². The molecule has 0 unspecified atom stereocenters. The SMILES string of the molecule is Nc1nonc1C(=O)N1CCC[C@H]1C(=O)O. The number of hydrogen-bond donors (Lipinski definition) is 2. The van der Waals surface area contributed by atoms with Crippen molar-refractivity contribution in [1.29, 1.82) is 0 Å². The van der Waals surface area contributed by atoms with Crippen molar-refractivity contribution < 1.29 is 19.3 Å². The summed E-state index contributed by atoms with van der Waals surface area (Å²) in [7, 11) is 0. The number of nitrogen functional groups attached to an aromatic ring is 1. The highest BCUT2D eigenvalue weighted by molar-refractivity contribution is 5.98. The van der Waals surface area contributed by atoms with Crippen LogP contribution in [-0.2, 0) is 4.79 Å². The molecule has 0 radical (unpaired) electrons. The van der Waals surface area contributed by atoms with Crippen LogP contribution in [0, 0.1) is 0 Å². The number of carboxylic acid groups (broad SMARTS) is 1. The molecule has 1 atom stereocenters. The number of rotatable bonds is 2. The Labute approximate surface area is 90.0 Å². The molecule has 3 N–H and O–H groups in total. The van der Waals surface area contributed by atoms with E-state index < -0.39 is 17.9 Å². The van der Waals surface area contributed by atoms with Crippen LogP contribution in [0.1, 0.15) is 23.3 Å². The molecule has 1 amide bonds. The first kappa shape index (κ1) is 10.4. The first-order valence-corrected chi connectivity index (χ1v) is 4.73. The van der Waals surface area contributed by atoms with E-state index >= 15 is 0 Å². The Morgan fingerprint density at radius 2 is 2.25 bits per heavy atom. The number of nitrogens with two attached hydrogens (primary N) is 1. The fourth-order valence-corrected chi connectivity index (χ4v) is 1.75. The quantitative estimate of drug-likeness (QED) is 0.686. The second kappa shape index (κ2) is 3.80. The molecule has 0 spiro atoms. The maximum atomic E-state index is 11.9. The summed E-state index contributed by atoms with van der Waals surface area (Å²) in [4.78, 5) is 24.0. The molecule has 8 nitrogen and oxygen atoms in total. The lowest BCUT2D eigenvalue weighted by Gasteiger charge is -2.19. The van der Waals surface area contributed by atoms with Crippen molar-refractivity contribution in [2.24, 2.45) is 0 Å². The number of hydrogen-bond acceptors (Lipinski definition) is 6. The number of carboxylic acids is 1. The predicted octanol–water partition coefficient (Wildman–Crippen LogP) is -0.659. The largest absolute Gasteiger partial charge is 0.480 e. The molecule has 1 saturated heterocycles. The zero-order valence-electron chi connectivity index (χ0n) is 8.29. The first-order chi connectivity index (χ1) is 7.61. The van der Waals surface area contributed by atoms with Gasteiger partial charge in [-0.25, -0.2) is 9.42 Å². The van der Waals surface area contributed by atoms with Gasteiger partial charge in [0.05, 0.1) is 0 Å². The summed E-state index contributed by atoms with van der Waals surface area (Å²) in [6.45, 7) is 0.377. The fraction of sp³-hybridized carbons (Fsp3) is 0.500. The molecule has 1 aromatic heterocycles. The third-order valence-electron chi connectivity index (χ3n) is 2.52. The van der Waals surface area contributed by atoms with Crippen molar-refractivity contribution in [2.45, 2.75) is 18.9 Å². The van der Waals surface area contributed by atoms with Crippen molar-refractivity contribution in [3.8, 4) is 0 Å². The van der Waals surface area contributed by atoms with Crippen LogP contribution in [0.25, 0.3) is 0 Å². The number of anilines is 1. The Balaban J connectivity index is 2.22. The summed E-state index contributed by atoms with van der Waals surface area (Å²) in [6, 6.07) is -0.816. The molecular formula is C8H10N4O4. The summed E-state index contributed by atoms with van der Waals surface area (Å²) in [5, 5.41) is 15.5. The molecule has 16 heavy (non-hydrogen) atoms. The highest BCUT2D eigenvalue weighted by Crippen LogP contribution is 2.21. The topological polar surface area (TPSA) is 123 Å². The van der Waals surface area contributed by atoms with Gasteiger partial charge in [0.1, 0.15) is 6.04 Å². The van der Waals surface area contributed by atoms with Gasteiger partial charge < -0.3 is 15.7 Å². The summed E-state index contributed by atoms with van der Waals surface area (Å²) in [6.07, 6.45) is 1.08. The van der Waals surface area contributed by atoms with Crippen LogP contribution in [0.15, 0.2) is 4.63 Å². The molecular weight excluding hydrogens is 216 g/mol. The standard InChI is InChI=1S/C8H10N4O4/c9-6-5(10-16-11-6)7(13)12-3-1-2-4(12)8(14)15/h4H,1-3H2,(H2,9,11)(H,14,15)/t4-/m0/s1. The van der Waals surface area contributed by atoms with Crippen LogP contribution in [0.3, 0.4) is 0 Å². The minimum atomic E-state index is -1.03. The molecule has 1 aromatic rings. The van der Waals surface area contributed by atoms with Crippen LogP contribution >= 0.6 is 0 Å². The van der Waals surface area contributed by atoms with Crippen molar-refractivity contribution in [2.75, 3.05) is 12.3 Å². The van der Waals surface area contributed by atoms with Gasteiger partial charge in [-0.05, 0) is 23.2 Å². The Hall–Kier alpha value is -2.12. The van der Waals surface area contributed by atoms with E-state index in [-0.39, 0.29) is 11.5 Å². The smallest absolute Gasteiger partial charge is 0.326 e. The Morgan fingerprint density at radius 1 is 1.50 bits per heavy atom. The average Bonchev–Trinajstić information content (AvgIpc) is 2.84. The minimum absolute atomic E-state index is 0.124. The van der Waals surface area contributed by atoms with E-state index in [1.54, 1.807) is 0 Å². The molecule has 2 rings (SSSR count). The molecule has 1 aliphatic rings. The van der Waals surface area contributed by atoms with Crippen LogP contribution in [-0.4, -0.2) is 44.8 Å². The highest BCUT2D eigenvalue weighted by atomic mass is 16.6. The lowest BCUT2D eigenvalue weighted by molar-refractivity contribution is -0.141. The third-order valence-corrected chi connectivity index (χ3v) is 2.52. The monoisotopic (exact) mass is 226 g/mol. The Kier molecular flexibility index (Phi) is 2.47. The molecule has 0 saturated carbocycles. The zero-order valence-corrected chi connectivity index (χ0v) is 8.29. The number of amides is 1. The highest BCUT2D eigenvalue weighted by Gasteiger charge is 2.36. The van der Waals surface area contributed by atoms with E-state index in [9.17, 15) is 9.59 Å². The number of likely N-dealkylation sites (tertiary alicyclic amines) is 1. The van der Waals surface area contributed by atoms with Gasteiger partial charge in [-0.15, -0.1) is 0 Å². The summed E-state index contributed by atoms with van der Waals surface area (Å²) < 4.78 is 4.30. The minimum Gasteiger partial charge on any atom is -0.480 e. The molecule has 0 aromatic carbocycles. The van der Waals surface area contributed by atoms with E-state index in [0.29, 0.717) is 19.4 Å². The first-order valence-electron chi connectivity index (χ1n) is 4.73. The molecule has 1 aliphatic heterocycles. The maximum absolute atomic E-state index is 11.9. The van der Waals surface area contributed by atoms with Gasteiger partial charge in [0, 0.05) is 6.54 Å². The van der Waals surface area contributed by atoms with E-state index in [4.69, 9.17) is 10.8 Å². The number of nitrogens with zero attached hydrogens (tertiary/aromatic N) is 3. The molecule has 8 heteroatoms. The maximum Gasteiger partial charge on any atom is 0.326 e. The van der Waals surface area contributed by atoms with Crippen LogP contribution < -0.4 is 5.73 Å². The van der Waals surface area contributed by atoms with Gasteiger partial charge in [0.15, 0.2) is 0 Å². The number of aromatic nitrogens is 2. The summed E-state index contributed by atoms with van der Waals surface area (Å²) >= 11 is 0. The van der Waals surface area contributed by atoms with Crippen LogP contribution in [0.4, 0.5) is 5.82 Å². The van der Waals surface area contributed by atoms with E-state index in [1.165, 1.54) is 4.90 Å². The van der Waals surface area contributed by atoms with Gasteiger partial charge in [-0.1, -0.05) is 0 Å². The van der Waals surface area contributed by atoms with Gasteiger partial charge in [0.25, 0.3) is 5.91 Å². The Morgan fingerprint density at radius 3 is 2.81 bits per heavy atom. The van der Waals surface area contributed by atoms with E-state index in [0.717, 1.165) is 0 Å². The second-order valence-electron chi connectivity index (χ2n) is 3.49. The van der Waals surface area contributed by atoms with Crippen molar-refractivity contribution in [1.82, 2.24) is 15.2 Å². The molecule has 1 fully saturated rings. The fourth-order valence-electron chi connectivity index (χ4n) is 1.75. The third kappa shape index (κ3) is 1.58. The number of carbonyl (C=O) groups is 2. The average molecular weight is 226 g/mol. The lowest BCUT2D eigenvalue weighted by atomic mass is 10.2. The van der Waals surface area contributed by atoms with Crippen molar-refractivity contribution >= 4 is 17.7 Å². The molecule has 2 heterocycles. The molecule has 86 valence electrons. The van der Waals surface area contributed by atoms with Crippen LogP contribution in [0.5, 0.6) is 0 Å². The summed E-state index contributed by atoms with van der Waals surface area (Å²) in [5.41, 5.74) is 5.24. The number of carbonyl (C=O) groups excluding carboxylic acids is 1. The normalized spacial score (nSPS) is 20.0. The lowest BCUT2D eigenvalue weighted by Crippen LogP contribution is -2.40. The van der Waals surface area contributed by atoms with E-state index in [1.807, 2.05) is 0 Å². The number of aliphatic carboxylic acids is 1. The van der Waals surface area contributed by atoms with Crippen molar-refractivity contribution in [3.05, 3.63) is 5.69 Å². The van der Waals surface area contributed by atoms with Gasteiger partial charge in [-0.2, -0.15) is 0 Å². The zero-order chi connectivity index (χ0) is 11.7. The van der Waals surface area contributed by atoms with Gasteiger partial charge >= 0.3 is 5.97 Å². The predicted molar refractivity (Wildman–Crippen MR) is 50.4 cm³/mol. The Bertz CT molecular complexity index is 429. The van der Waals surface area contributed by atoms with E-state index in [2.05, 4.69) is 14.9 Å². The molecule has 0 bridgehead atoms. The second-order valence-corrected chi connectivity index (χ2v) is 3.49. The van der Waals surface area contributed by atoms with Crippen LogP contribution in [0.2, 0.25) is 0 Å². The molecule has 0 aliphatic carbocycles. The van der Waals surface area contributed by atoms with Gasteiger partial charge in [-0.3, -0.25) is 4.79 Å². The summed E-state index contributed by atoms with van der Waals surface area (Å²) in [5.74, 6) is -1.70.